The summed E-state index contributed by atoms with van der Waals surface area (Å²) in [6, 6.07) is 7.66. The molecule has 1 aromatic heterocycles. The quantitative estimate of drug-likeness (QED) is 0.690. The highest BCUT2D eigenvalue weighted by atomic mass is 19.2. The van der Waals surface area contributed by atoms with Crippen LogP contribution >= 0.6 is 0 Å². The number of hydrogen-bond donors (Lipinski definition) is 0. The van der Waals surface area contributed by atoms with Crippen molar-refractivity contribution in [1.82, 2.24) is 4.79 Å². The second-order valence-corrected chi connectivity index (χ2v) is 2.88. The molecule has 0 aliphatic heterocycles. The lowest BCUT2D eigenvalue weighted by Crippen LogP contribution is -2.11. The zero-order valence-corrected chi connectivity index (χ0v) is 7.53. The molecule has 2 rings (SSSR count). The average molecular weight is 193 g/mol. The monoisotopic (exact) mass is 193 g/mol. The highest BCUT2D eigenvalue weighted by Gasteiger charge is 2.02. The fourth-order valence-corrected chi connectivity index (χ4v) is 1.31. The molecule has 1 heterocycles. The molecule has 4 heteroatoms. The summed E-state index contributed by atoms with van der Waals surface area (Å²) in [4.78, 5) is 11.1. The van der Waals surface area contributed by atoms with Gasteiger partial charge in [0, 0.05) is 17.5 Å². The molecule has 14 heavy (non-hydrogen) atoms. The smallest absolute Gasteiger partial charge is 0.279 e. The van der Waals surface area contributed by atoms with Gasteiger partial charge in [-0.25, -0.2) is 0 Å². The fraction of sp³-hybridized carbons (Fsp3) is 0.100. The molecule has 0 radical (unpaired) electrons. The van der Waals surface area contributed by atoms with Crippen LogP contribution in [0.3, 0.4) is 0 Å². The van der Waals surface area contributed by atoms with Gasteiger partial charge in [-0.2, -0.15) is 0 Å². The number of nitrogens with zero attached hydrogens (tertiary/aromatic N) is 1. The third-order valence-electron chi connectivity index (χ3n) is 2.05. The summed E-state index contributed by atoms with van der Waals surface area (Å²) in [5.41, 5.74) is -0.456. The maximum atomic E-state index is 13.3. The van der Waals surface area contributed by atoms with Crippen molar-refractivity contribution in [3.05, 3.63) is 40.7 Å². The Morgan fingerprint density at radius 2 is 2.00 bits per heavy atom. The largest absolute Gasteiger partial charge is 0.497 e. The van der Waals surface area contributed by atoms with Gasteiger partial charge in [0.2, 0.25) is 0 Å². The van der Waals surface area contributed by atoms with Gasteiger partial charge in [0.1, 0.15) is 5.75 Å². The standard InChI is InChI=1S/C10H8FNO2/c1-14-8-4-2-7-3-5-10(13)12(11)9(7)6-8/h2-6H,1H3. The first kappa shape index (κ1) is 8.74. The predicted molar refractivity (Wildman–Crippen MR) is 51.3 cm³/mol. The van der Waals surface area contributed by atoms with Crippen LogP contribution in [0.5, 0.6) is 5.75 Å². The number of rotatable bonds is 1. The van der Waals surface area contributed by atoms with E-state index in [2.05, 4.69) is 0 Å². The molecular formula is C10H8FNO2. The van der Waals surface area contributed by atoms with E-state index in [0.717, 1.165) is 0 Å². The highest BCUT2D eigenvalue weighted by Crippen LogP contribution is 2.18. The van der Waals surface area contributed by atoms with Crippen molar-refractivity contribution in [2.24, 2.45) is 0 Å². The Balaban J connectivity index is 2.84. The normalized spacial score (nSPS) is 10.4. The summed E-state index contributed by atoms with van der Waals surface area (Å²) in [5, 5.41) is 0.660. The van der Waals surface area contributed by atoms with E-state index in [-0.39, 0.29) is 10.3 Å². The second kappa shape index (κ2) is 3.14. The molecule has 0 aliphatic carbocycles. The molecule has 0 saturated heterocycles. The minimum Gasteiger partial charge on any atom is -0.497 e. The molecular weight excluding hydrogens is 185 g/mol. The van der Waals surface area contributed by atoms with Crippen LogP contribution in [-0.2, 0) is 0 Å². The number of pyridine rings is 1. The zero-order chi connectivity index (χ0) is 10.1. The zero-order valence-electron chi connectivity index (χ0n) is 7.53. The molecule has 0 fully saturated rings. The van der Waals surface area contributed by atoms with Gasteiger partial charge in [0.15, 0.2) is 0 Å². The van der Waals surface area contributed by atoms with Gasteiger partial charge in [0.05, 0.1) is 12.6 Å². The van der Waals surface area contributed by atoms with Crippen LogP contribution < -0.4 is 10.3 Å². The van der Waals surface area contributed by atoms with Crippen LogP contribution in [0.15, 0.2) is 35.1 Å². The summed E-state index contributed by atoms with van der Waals surface area (Å²) in [6.45, 7) is 0. The SMILES string of the molecule is COc1ccc2ccc(=O)n(F)c2c1. The predicted octanol–water partition coefficient (Wildman–Crippen LogP) is 1.74. The molecule has 1 aromatic carbocycles. The van der Waals surface area contributed by atoms with Crippen molar-refractivity contribution in [1.29, 1.82) is 0 Å². The minimum atomic E-state index is -0.675. The van der Waals surface area contributed by atoms with Gasteiger partial charge < -0.3 is 4.74 Å². The lowest BCUT2D eigenvalue weighted by molar-refractivity contribution is 0.369. The van der Waals surface area contributed by atoms with E-state index in [1.54, 1.807) is 18.2 Å². The van der Waals surface area contributed by atoms with E-state index in [0.29, 0.717) is 11.1 Å². The second-order valence-electron chi connectivity index (χ2n) is 2.88. The molecule has 0 bridgehead atoms. The average Bonchev–Trinajstić information content (AvgIpc) is 2.23. The Morgan fingerprint density at radius 1 is 1.29 bits per heavy atom. The van der Waals surface area contributed by atoms with Gasteiger partial charge in [0.25, 0.3) is 5.56 Å². The van der Waals surface area contributed by atoms with Crippen LogP contribution in [0, 0.1) is 0 Å². The maximum Gasteiger partial charge on any atom is 0.279 e. The Hall–Kier alpha value is -1.84. The van der Waals surface area contributed by atoms with E-state index in [4.69, 9.17) is 4.74 Å². The summed E-state index contributed by atoms with van der Waals surface area (Å²) in [5.74, 6) is 0.523. The van der Waals surface area contributed by atoms with E-state index < -0.39 is 5.56 Å². The van der Waals surface area contributed by atoms with E-state index in [1.165, 1.54) is 19.2 Å². The summed E-state index contributed by atoms with van der Waals surface area (Å²) >= 11 is 0. The van der Waals surface area contributed by atoms with E-state index in [1.807, 2.05) is 0 Å². The number of ether oxygens (including phenoxy) is 1. The first-order valence-corrected chi connectivity index (χ1v) is 4.08. The number of hydrogen-bond acceptors (Lipinski definition) is 2. The molecule has 0 saturated carbocycles. The Bertz CT molecular complexity index is 533. The number of methoxy groups -OCH3 is 1. The topological polar surface area (TPSA) is 31.2 Å². The Labute approximate surface area is 79.3 Å². The van der Waals surface area contributed by atoms with Gasteiger partial charge in [-0.15, -0.1) is 4.79 Å². The van der Waals surface area contributed by atoms with E-state index in [9.17, 15) is 9.28 Å². The van der Waals surface area contributed by atoms with Crippen molar-refractivity contribution in [3.63, 3.8) is 0 Å². The number of aromatic nitrogens is 1. The Kier molecular flexibility index (Phi) is 1.96. The fourth-order valence-electron chi connectivity index (χ4n) is 1.31. The van der Waals surface area contributed by atoms with Crippen LogP contribution in [-0.4, -0.2) is 11.9 Å². The van der Waals surface area contributed by atoms with Crippen molar-refractivity contribution >= 4 is 10.9 Å². The van der Waals surface area contributed by atoms with Crippen molar-refractivity contribution in [2.75, 3.05) is 7.11 Å². The molecule has 0 atom stereocenters. The van der Waals surface area contributed by atoms with Crippen LogP contribution in [0.25, 0.3) is 10.9 Å². The van der Waals surface area contributed by atoms with Gasteiger partial charge in [-0.3, -0.25) is 4.79 Å². The molecule has 0 aliphatic rings. The molecule has 0 unspecified atom stereocenters. The number of halogens is 1. The lowest BCUT2D eigenvalue weighted by Gasteiger charge is -2.03. The number of benzene rings is 1. The van der Waals surface area contributed by atoms with Gasteiger partial charge in [-0.05, 0) is 18.2 Å². The number of fused-ring (bicyclic) bond motifs is 1. The molecule has 72 valence electrons. The molecule has 3 nitrogen and oxygen atoms in total. The van der Waals surface area contributed by atoms with Gasteiger partial charge >= 0.3 is 0 Å². The first-order chi connectivity index (χ1) is 6.72. The molecule has 0 amide bonds. The first-order valence-electron chi connectivity index (χ1n) is 4.08. The summed E-state index contributed by atoms with van der Waals surface area (Å²) in [6.07, 6.45) is 0. The maximum absolute atomic E-state index is 13.3. The van der Waals surface area contributed by atoms with Crippen molar-refractivity contribution in [3.8, 4) is 5.75 Å². The minimum absolute atomic E-state index is 0.109. The molecule has 0 N–H and O–H groups in total. The third kappa shape index (κ3) is 1.25. The Morgan fingerprint density at radius 3 is 2.71 bits per heavy atom. The van der Waals surface area contributed by atoms with Crippen molar-refractivity contribution in [2.45, 2.75) is 0 Å². The van der Waals surface area contributed by atoms with Crippen LogP contribution in [0.2, 0.25) is 0 Å². The van der Waals surface area contributed by atoms with Crippen molar-refractivity contribution < 1.29 is 9.22 Å². The van der Waals surface area contributed by atoms with Crippen LogP contribution in [0.1, 0.15) is 0 Å². The summed E-state index contributed by atoms with van der Waals surface area (Å²) < 4.78 is 18.2. The molecule has 2 aromatic rings. The van der Waals surface area contributed by atoms with Gasteiger partial charge in [-0.1, -0.05) is 4.48 Å². The lowest BCUT2D eigenvalue weighted by atomic mass is 10.2. The third-order valence-corrected chi connectivity index (χ3v) is 2.05. The summed E-state index contributed by atoms with van der Waals surface area (Å²) in [7, 11) is 1.49. The van der Waals surface area contributed by atoms with E-state index >= 15 is 0 Å². The highest BCUT2D eigenvalue weighted by molar-refractivity contribution is 5.80. The van der Waals surface area contributed by atoms with Crippen LogP contribution in [0.4, 0.5) is 4.48 Å². The molecule has 0 spiro atoms.